The third-order valence-electron chi connectivity index (χ3n) is 5.68. The maximum atomic E-state index is 12.8. The summed E-state index contributed by atoms with van der Waals surface area (Å²) in [5.74, 6) is 0. The van der Waals surface area contributed by atoms with Crippen molar-refractivity contribution in [3.63, 3.8) is 0 Å². The van der Waals surface area contributed by atoms with Crippen LogP contribution in [-0.2, 0) is 20.8 Å². The van der Waals surface area contributed by atoms with Crippen LogP contribution in [0.4, 0.5) is 4.79 Å². The average molecular weight is 390 g/mol. The molecule has 5 heteroatoms. The van der Waals surface area contributed by atoms with E-state index in [4.69, 9.17) is 14.2 Å². The van der Waals surface area contributed by atoms with Crippen LogP contribution < -0.4 is 0 Å². The number of ether oxygens (including phenoxy) is 3. The molecule has 28 heavy (non-hydrogen) atoms. The fourth-order valence-electron chi connectivity index (χ4n) is 4.00. The van der Waals surface area contributed by atoms with Gasteiger partial charge in [0.25, 0.3) is 0 Å². The summed E-state index contributed by atoms with van der Waals surface area (Å²) < 4.78 is 17.5. The Balaban J connectivity index is 1.53. The van der Waals surface area contributed by atoms with Crippen LogP contribution in [0.5, 0.6) is 0 Å². The molecule has 1 aromatic carbocycles. The van der Waals surface area contributed by atoms with E-state index in [0.717, 1.165) is 19.4 Å². The van der Waals surface area contributed by atoms with Gasteiger partial charge in [0.05, 0.1) is 19.3 Å². The van der Waals surface area contributed by atoms with Gasteiger partial charge in [-0.05, 0) is 71.3 Å². The molecule has 0 N–H and O–H groups in total. The minimum Gasteiger partial charge on any atom is -0.444 e. The summed E-state index contributed by atoms with van der Waals surface area (Å²) in [6, 6.07) is 10.3. The Hall–Kier alpha value is -1.59. The SMILES string of the molecule is CC(C)(C)OC(=O)N1C(CC2(CCOCc3ccccc3)CC2)COC1(C)C. The average Bonchev–Trinajstić information content (AvgIpc) is 3.28. The van der Waals surface area contributed by atoms with Gasteiger partial charge in [-0.25, -0.2) is 4.79 Å². The van der Waals surface area contributed by atoms with Crippen LogP contribution in [0.1, 0.15) is 65.9 Å². The van der Waals surface area contributed by atoms with Crippen molar-refractivity contribution in [1.82, 2.24) is 4.90 Å². The molecule has 2 aliphatic rings. The van der Waals surface area contributed by atoms with Crippen LogP contribution in [-0.4, -0.2) is 41.6 Å². The summed E-state index contributed by atoms with van der Waals surface area (Å²) in [5.41, 5.74) is 0.329. The van der Waals surface area contributed by atoms with Crippen molar-refractivity contribution in [2.75, 3.05) is 13.2 Å². The number of carbonyl (C=O) groups is 1. The van der Waals surface area contributed by atoms with E-state index >= 15 is 0 Å². The molecule has 1 heterocycles. The summed E-state index contributed by atoms with van der Waals surface area (Å²) in [7, 11) is 0. The molecule has 1 saturated carbocycles. The van der Waals surface area contributed by atoms with E-state index in [-0.39, 0.29) is 17.6 Å². The standard InChI is InChI=1S/C23H35NO4/c1-21(2,3)28-20(25)24-19(17-27-22(24,4)5)15-23(11-12-23)13-14-26-16-18-9-7-6-8-10-18/h6-10,19H,11-17H2,1-5H3. The Morgan fingerprint density at radius 3 is 2.50 bits per heavy atom. The predicted octanol–water partition coefficient (Wildman–Crippen LogP) is 5.14. The van der Waals surface area contributed by atoms with Crippen molar-refractivity contribution in [2.45, 2.75) is 84.3 Å². The van der Waals surface area contributed by atoms with Crippen molar-refractivity contribution in [3.05, 3.63) is 35.9 Å². The molecule has 0 bridgehead atoms. The molecule has 1 aromatic rings. The van der Waals surface area contributed by atoms with Crippen molar-refractivity contribution in [1.29, 1.82) is 0 Å². The van der Waals surface area contributed by atoms with Gasteiger partial charge in [0, 0.05) is 6.61 Å². The second-order valence-corrected chi connectivity index (χ2v) is 9.75. The highest BCUT2D eigenvalue weighted by atomic mass is 16.6. The lowest BCUT2D eigenvalue weighted by atomic mass is 9.93. The van der Waals surface area contributed by atoms with Crippen LogP contribution >= 0.6 is 0 Å². The number of hydrogen-bond acceptors (Lipinski definition) is 4. The van der Waals surface area contributed by atoms with Crippen molar-refractivity contribution < 1.29 is 19.0 Å². The zero-order chi connectivity index (χ0) is 20.4. The van der Waals surface area contributed by atoms with Gasteiger partial charge < -0.3 is 14.2 Å². The van der Waals surface area contributed by atoms with Gasteiger partial charge in [-0.1, -0.05) is 30.3 Å². The molecule has 1 aliphatic heterocycles. The Morgan fingerprint density at radius 1 is 1.21 bits per heavy atom. The van der Waals surface area contributed by atoms with E-state index in [1.807, 2.05) is 57.7 Å². The summed E-state index contributed by atoms with van der Waals surface area (Å²) in [6.07, 6.45) is 4.08. The third-order valence-corrected chi connectivity index (χ3v) is 5.68. The molecular weight excluding hydrogens is 354 g/mol. The molecule has 1 unspecified atom stereocenters. The number of rotatable bonds is 7. The zero-order valence-electron chi connectivity index (χ0n) is 18.0. The lowest BCUT2D eigenvalue weighted by Crippen LogP contribution is -2.50. The molecule has 0 aromatic heterocycles. The second kappa shape index (κ2) is 8.03. The van der Waals surface area contributed by atoms with E-state index in [1.54, 1.807) is 0 Å². The highest BCUT2D eigenvalue weighted by Crippen LogP contribution is 2.54. The van der Waals surface area contributed by atoms with Gasteiger partial charge in [-0.15, -0.1) is 0 Å². The van der Waals surface area contributed by atoms with E-state index in [1.165, 1.54) is 18.4 Å². The van der Waals surface area contributed by atoms with Gasteiger partial charge in [0.2, 0.25) is 0 Å². The molecule has 156 valence electrons. The fourth-order valence-corrected chi connectivity index (χ4v) is 4.00. The minimum atomic E-state index is -0.632. The third kappa shape index (κ3) is 5.48. The first-order valence-corrected chi connectivity index (χ1v) is 10.4. The molecule has 0 spiro atoms. The molecule has 1 aliphatic carbocycles. The van der Waals surface area contributed by atoms with Gasteiger partial charge in [0.1, 0.15) is 11.3 Å². The van der Waals surface area contributed by atoms with Crippen LogP contribution in [0, 0.1) is 5.41 Å². The molecular formula is C23H35NO4. The molecule has 1 saturated heterocycles. The predicted molar refractivity (Wildman–Crippen MR) is 109 cm³/mol. The maximum Gasteiger partial charge on any atom is 0.412 e. The number of nitrogens with zero attached hydrogens (tertiary/aromatic N) is 1. The highest BCUT2D eigenvalue weighted by molar-refractivity contribution is 5.69. The first-order chi connectivity index (χ1) is 13.1. The highest BCUT2D eigenvalue weighted by Gasteiger charge is 2.51. The quantitative estimate of drug-likeness (QED) is 0.606. The molecule has 0 radical (unpaired) electrons. The van der Waals surface area contributed by atoms with Crippen LogP contribution in [0.2, 0.25) is 0 Å². The molecule has 5 nitrogen and oxygen atoms in total. The van der Waals surface area contributed by atoms with Crippen LogP contribution in [0.3, 0.4) is 0 Å². The number of hydrogen-bond donors (Lipinski definition) is 0. The van der Waals surface area contributed by atoms with Gasteiger partial charge in [-0.3, -0.25) is 4.90 Å². The van der Waals surface area contributed by atoms with Gasteiger partial charge >= 0.3 is 6.09 Å². The smallest absolute Gasteiger partial charge is 0.412 e. The van der Waals surface area contributed by atoms with E-state index in [2.05, 4.69) is 12.1 Å². The second-order valence-electron chi connectivity index (χ2n) is 9.75. The van der Waals surface area contributed by atoms with E-state index in [9.17, 15) is 4.79 Å². The van der Waals surface area contributed by atoms with Gasteiger partial charge in [0.15, 0.2) is 0 Å². The van der Waals surface area contributed by atoms with Crippen LogP contribution in [0.25, 0.3) is 0 Å². The maximum absolute atomic E-state index is 12.8. The normalized spacial score (nSPS) is 22.9. The van der Waals surface area contributed by atoms with Gasteiger partial charge in [-0.2, -0.15) is 0 Å². The largest absolute Gasteiger partial charge is 0.444 e. The summed E-state index contributed by atoms with van der Waals surface area (Å²) in [4.78, 5) is 14.6. The Bertz CT molecular complexity index is 661. The Morgan fingerprint density at radius 2 is 1.89 bits per heavy atom. The van der Waals surface area contributed by atoms with Crippen molar-refractivity contribution in [2.24, 2.45) is 5.41 Å². The fraction of sp³-hybridized carbons (Fsp3) is 0.696. The number of carbonyl (C=O) groups excluding carboxylic acids is 1. The summed E-state index contributed by atoms with van der Waals surface area (Å²) >= 11 is 0. The zero-order valence-corrected chi connectivity index (χ0v) is 18.0. The number of benzene rings is 1. The first-order valence-electron chi connectivity index (χ1n) is 10.4. The van der Waals surface area contributed by atoms with Crippen molar-refractivity contribution >= 4 is 6.09 Å². The van der Waals surface area contributed by atoms with E-state index in [0.29, 0.717) is 13.2 Å². The summed E-state index contributed by atoms with van der Waals surface area (Å²) in [5, 5.41) is 0. The molecule has 1 atom stereocenters. The van der Waals surface area contributed by atoms with E-state index < -0.39 is 11.3 Å². The Labute approximate surface area is 169 Å². The minimum absolute atomic E-state index is 0.0569. The topological polar surface area (TPSA) is 48.0 Å². The lowest BCUT2D eigenvalue weighted by molar-refractivity contribution is -0.0633. The molecule has 2 fully saturated rings. The lowest BCUT2D eigenvalue weighted by Gasteiger charge is -2.36. The van der Waals surface area contributed by atoms with Crippen molar-refractivity contribution in [3.8, 4) is 0 Å². The Kier molecular flexibility index (Phi) is 6.06. The molecule has 3 rings (SSSR count). The van der Waals surface area contributed by atoms with Crippen LogP contribution in [0.15, 0.2) is 30.3 Å². The first kappa shape index (κ1) is 21.1. The molecule has 1 amide bonds. The summed E-state index contributed by atoms with van der Waals surface area (Å²) in [6.45, 7) is 11.6. The monoisotopic (exact) mass is 389 g/mol. The number of amides is 1.